The number of imidazole rings is 1. The third kappa shape index (κ3) is 2.25. The molecule has 0 fully saturated rings. The number of hydrogen-bond acceptors (Lipinski definition) is 2. The molecule has 3 aromatic rings. The summed E-state index contributed by atoms with van der Waals surface area (Å²) in [7, 11) is 0. The minimum absolute atomic E-state index is 0.221. The second-order valence-electron chi connectivity index (χ2n) is 6.00. The number of aromatic nitrogens is 2. The van der Waals surface area contributed by atoms with Crippen LogP contribution in [0.1, 0.15) is 29.5 Å². The summed E-state index contributed by atoms with van der Waals surface area (Å²) in [6.07, 6.45) is 4.77. The van der Waals surface area contributed by atoms with E-state index in [-0.39, 0.29) is 5.82 Å². The number of hydrogen-bond donors (Lipinski definition) is 1. The maximum absolute atomic E-state index is 13.0. The zero-order chi connectivity index (χ0) is 15.1. The van der Waals surface area contributed by atoms with Gasteiger partial charge < -0.3 is 10.3 Å². The van der Waals surface area contributed by atoms with Gasteiger partial charge in [0.1, 0.15) is 5.82 Å². The lowest BCUT2D eigenvalue weighted by molar-refractivity contribution is 0.626. The van der Waals surface area contributed by atoms with E-state index in [1.54, 1.807) is 12.1 Å². The van der Waals surface area contributed by atoms with Gasteiger partial charge >= 0.3 is 0 Å². The van der Waals surface area contributed by atoms with E-state index < -0.39 is 0 Å². The molecule has 1 aliphatic carbocycles. The minimum Gasteiger partial charge on any atom is -0.369 e. The Hall–Kier alpha value is -2.36. The second kappa shape index (κ2) is 5.13. The summed E-state index contributed by atoms with van der Waals surface area (Å²) in [6.45, 7) is 0.612. The smallest absolute Gasteiger partial charge is 0.201 e. The third-order valence-corrected chi connectivity index (χ3v) is 4.50. The number of rotatable bonds is 2. The summed E-state index contributed by atoms with van der Waals surface area (Å²) in [6, 6.07) is 11.0. The first kappa shape index (κ1) is 13.3. The molecule has 0 saturated carbocycles. The SMILES string of the molecule is Nc1nc2cc3c(cc2n1Cc1ccc(F)cc1)CCCC3. The Morgan fingerprint density at radius 2 is 1.73 bits per heavy atom. The van der Waals surface area contributed by atoms with Gasteiger partial charge in [-0.2, -0.15) is 0 Å². The summed E-state index contributed by atoms with van der Waals surface area (Å²) in [4.78, 5) is 4.50. The van der Waals surface area contributed by atoms with Crippen molar-refractivity contribution in [3.63, 3.8) is 0 Å². The molecule has 4 rings (SSSR count). The predicted molar refractivity (Wildman–Crippen MR) is 86.3 cm³/mol. The van der Waals surface area contributed by atoms with E-state index >= 15 is 0 Å². The van der Waals surface area contributed by atoms with E-state index in [9.17, 15) is 4.39 Å². The summed E-state index contributed by atoms with van der Waals surface area (Å²) in [5.74, 6) is 0.294. The monoisotopic (exact) mass is 295 g/mol. The lowest BCUT2D eigenvalue weighted by atomic mass is 9.91. The molecule has 2 N–H and O–H groups in total. The average Bonchev–Trinajstić information content (AvgIpc) is 2.82. The number of halogens is 1. The highest BCUT2D eigenvalue weighted by atomic mass is 19.1. The standard InChI is InChI=1S/C18H18FN3/c19-15-7-5-12(6-8-15)11-22-17-10-14-4-2-1-3-13(14)9-16(17)21-18(22)20/h5-10H,1-4,11H2,(H2,20,21). The van der Waals surface area contributed by atoms with Crippen molar-refractivity contribution in [1.82, 2.24) is 9.55 Å². The maximum atomic E-state index is 13.0. The highest BCUT2D eigenvalue weighted by molar-refractivity contribution is 5.80. The Morgan fingerprint density at radius 1 is 1.05 bits per heavy atom. The van der Waals surface area contributed by atoms with Crippen LogP contribution in [0.25, 0.3) is 11.0 Å². The van der Waals surface area contributed by atoms with E-state index in [1.807, 2.05) is 4.57 Å². The van der Waals surface area contributed by atoms with Crippen LogP contribution in [0.2, 0.25) is 0 Å². The lowest BCUT2D eigenvalue weighted by Crippen LogP contribution is -2.06. The molecule has 1 aromatic heterocycles. The Labute approximate surface area is 128 Å². The van der Waals surface area contributed by atoms with E-state index in [2.05, 4.69) is 17.1 Å². The van der Waals surface area contributed by atoms with Crippen molar-refractivity contribution >= 4 is 17.0 Å². The van der Waals surface area contributed by atoms with Gasteiger partial charge in [-0.1, -0.05) is 12.1 Å². The molecule has 0 atom stereocenters. The maximum Gasteiger partial charge on any atom is 0.201 e. The zero-order valence-electron chi connectivity index (χ0n) is 12.3. The van der Waals surface area contributed by atoms with Gasteiger partial charge in [-0.15, -0.1) is 0 Å². The van der Waals surface area contributed by atoms with Crippen molar-refractivity contribution in [2.75, 3.05) is 5.73 Å². The lowest BCUT2D eigenvalue weighted by Gasteiger charge is -2.16. The molecule has 0 bridgehead atoms. The molecule has 3 nitrogen and oxygen atoms in total. The van der Waals surface area contributed by atoms with E-state index in [0.29, 0.717) is 12.5 Å². The average molecular weight is 295 g/mol. The molecule has 1 heterocycles. The van der Waals surface area contributed by atoms with Crippen molar-refractivity contribution in [3.8, 4) is 0 Å². The van der Waals surface area contributed by atoms with Gasteiger partial charge in [0.05, 0.1) is 17.6 Å². The largest absolute Gasteiger partial charge is 0.369 e. The second-order valence-corrected chi connectivity index (χ2v) is 6.00. The normalized spacial score (nSPS) is 14.2. The molecule has 2 aromatic carbocycles. The number of nitrogens with zero attached hydrogens (tertiary/aromatic N) is 2. The number of aryl methyl sites for hydroxylation is 2. The van der Waals surface area contributed by atoms with Gasteiger partial charge in [0.2, 0.25) is 5.95 Å². The Kier molecular flexibility index (Phi) is 3.10. The third-order valence-electron chi connectivity index (χ3n) is 4.50. The van der Waals surface area contributed by atoms with Crippen LogP contribution in [-0.2, 0) is 19.4 Å². The number of anilines is 1. The molecule has 1 aliphatic rings. The first-order valence-corrected chi connectivity index (χ1v) is 7.73. The van der Waals surface area contributed by atoms with E-state index in [0.717, 1.165) is 29.4 Å². The van der Waals surface area contributed by atoms with Crippen LogP contribution in [0.3, 0.4) is 0 Å². The van der Waals surface area contributed by atoms with Crippen molar-refractivity contribution in [3.05, 3.63) is 58.9 Å². The summed E-state index contributed by atoms with van der Waals surface area (Å²) in [5.41, 5.74) is 12.0. The van der Waals surface area contributed by atoms with Crippen LogP contribution in [0.4, 0.5) is 10.3 Å². The summed E-state index contributed by atoms with van der Waals surface area (Å²) < 4.78 is 15.1. The zero-order valence-corrected chi connectivity index (χ0v) is 12.3. The summed E-state index contributed by atoms with van der Waals surface area (Å²) in [5, 5.41) is 0. The number of benzene rings is 2. The van der Waals surface area contributed by atoms with Crippen molar-refractivity contribution in [1.29, 1.82) is 0 Å². The van der Waals surface area contributed by atoms with Crippen LogP contribution in [-0.4, -0.2) is 9.55 Å². The van der Waals surface area contributed by atoms with Gasteiger partial charge in [0, 0.05) is 0 Å². The molecule has 112 valence electrons. The molecule has 0 amide bonds. The Morgan fingerprint density at radius 3 is 2.45 bits per heavy atom. The highest BCUT2D eigenvalue weighted by Crippen LogP contribution is 2.28. The number of fused-ring (bicyclic) bond motifs is 2. The molecule has 0 radical (unpaired) electrons. The predicted octanol–water partition coefficient (Wildman–Crippen LogP) is 3.68. The molecular formula is C18H18FN3. The fourth-order valence-corrected chi connectivity index (χ4v) is 3.31. The molecular weight excluding hydrogens is 277 g/mol. The van der Waals surface area contributed by atoms with Crippen molar-refractivity contribution in [2.45, 2.75) is 32.2 Å². The van der Waals surface area contributed by atoms with Crippen LogP contribution in [0.15, 0.2) is 36.4 Å². The molecule has 4 heteroatoms. The Balaban J connectivity index is 1.79. The first-order valence-electron chi connectivity index (χ1n) is 7.73. The van der Waals surface area contributed by atoms with Crippen LogP contribution in [0.5, 0.6) is 0 Å². The number of nitrogens with two attached hydrogens (primary N) is 1. The molecule has 0 saturated heterocycles. The fourth-order valence-electron chi connectivity index (χ4n) is 3.31. The van der Waals surface area contributed by atoms with Crippen LogP contribution >= 0.6 is 0 Å². The molecule has 0 unspecified atom stereocenters. The van der Waals surface area contributed by atoms with Crippen molar-refractivity contribution in [2.24, 2.45) is 0 Å². The Bertz CT molecular complexity index is 834. The topological polar surface area (TPSA) is 43.8 Å². The van der Waals surface area contributed by atoms with Crippen LogP contribution < -0.4 is 5.73 Å². The van der Waals surface area contributed by atoms with Gasteiger partial charge in [-0.05, 0) is 66.6 Å². The van der Waals surface area contributed by atoms with E-state index in [4.69, 9.17) is 5.73 Å². The quantitative estimate of drug-likeness (QED) is 0.783. The minimum atomic E-state index is -0.221. The van der Waals surface area contributed by atoms with Crippen LogP contribution in [0, 0.1) is 5.82 Å². The summed E-state index contributed by atoms with van der Waals surface area (Å²) >= 11 is 0. The van der Waals surface area contributed by atoms with Gasteiger partial charge in [-0.25, -0.2) is 9.37 Å². The van der Waals surface area contributed by atoms with Crippen molar-refractivity contribution < 1.29 is 4.39 Å². The van der Waals surface area contributed by atoms with Gasteiger partial charge in [-0.3, -0.25) is 0 Å². The van der Waals surface area contributed by atoms with Gasteiger partial charge in [0.15, 0.2) is 0 Å². The molecule has 0 spiro atoms. The van der Waals surface area contributed by atoms with Gasteiger partial charge in [0.25, 0.3) is 0 Å². The van der Waals surface area contributed by atoms with E-state index in [1.165, 1.54) is 36.1 Å². The number of nitrogen functional groups attached to an aromatic ring is 1. The first-order chi connectivity index (χ1) is 10.7. The molecule has 22 heavy (non-hydrogen) atoms. The fraction of sp³-hybridized carbons (Fsp3) is 0.278. The highest BCUT2D eigenvalue weighted by Gasteiger charge is 2.15. The molecule has 0 aliphatic heterocycles.